The van der Waals surface area contributed by atoms with Crippen molar-refractivity contribution >= 4 is 34.8 Å². The third-order valence-corrected chi connectivity index (χ3v) is 1.65. The van der Waals surface area contributed by atoms with Gasteiger partial charge in [-0.1, -0.05) is 34.8 Å². The van der Waals surface area contributed by atoms with Gasteiger partial charge >= 0.3 is 0 Å². The average Bonchev–Trinajstić information content (AvgIpc) is 1.80. The van der Waals surface area contributed by atoms with Crippen molar-refractivity contribution in [3.05, 3.63) is 21.4 Å². The Morgan fingerprint density at radius 1 is 1.11 bits per heavy atom. The van der Waals surface area contributed by atoms with E-state index in [-0.39, 0.29) is 0 Å². The van der Waals surface area contributed by atoms with E-state index in [2.05, 4.69) is 10.9 Å². The van der Waals surface area contributed by atoms with E-state index < -0.39 is 0 Å². The summed E-state index contributed by atoms with van der Waals surface area (Å²) in [5, 5.41) is 1.17. The molecule has 0 aromatic rings. The summed E-state index contributed by atoms with van der Waals surface area (Å²) < 4.78 is 0. The molecule has 5 heteroatoms. The number of hydrogen-bond acceptors (Lipinski definition) is 2. The molecular formula is C4H3Cl3N2. The number of nitrogens with one attached hydrogen (secondary N) is 2. The second-order valence-corrected chi connectivity index (χ2v) is 2.60. The Hall–Kier alpha value is -0.0500. The fraction of sp³-hybridized carbons (Fsp3) is 0. The quantitative estimate of drug-likeness (QED) is 0.563. The monoisotopic (exact) mass is 184 g/mol. The van der Waals surface area contributed by atoms with Gasteiger partial charge in [0, 0.05) is 0 Å². The van der Waals surface area contributed by atoms with E-state index in [1.54, 1.807) is 0 Å². The molecule has 0 aromatic heterocycles. The summed E-state index contributed by atoms with van der Waals surface area (Å²) in [4.78, 5) is 0. The first kappa shape index (κ1) is 7.06. The molecule has 0 fully saturated rings. The molecule has 1 aliphatic heterocycles. The normalized spacial score (nSPS) is 18.3. The van der Waals surface area contributed by atoms with E-state index >= 15 is 0 Å². The van der Waals surface area contributed by atoms with Crippen LogP contribution in [0.3, 0.4) is 0 Å². The van der Waals surface area contributed by atoms with Crippen LogP contribution in [-0.2, 0) is 0 Å². The van der Waals surface area contributed by atoms with Crippen LogP contribution in [0, 0.1) is 0 Å². The van der Waals surface area contributed by atoms with Crippen LogP contribution in [0.5, 0.6) is 0 Å². The van der Waals surface area contributed by atoms with Gasteiger partial charge in [0.1, 0.15) is 10.3 Å². The van der Waals surface area contributed by atoms with Gasteiger partial charge in [0.05, 0.1) is 5.03 Å². The van der Waals surface area contributed by atoms with Crippen LogP contribution in [0.2, 0.25) is 0 Å². The molecule has 0 radical (unpaired) electrons. The molecule has 0 saturated heterocycles. The summed E-state index contributed by atoms with van der Waals surface area (Å²) >= 11 is 16.5. The number of hydrogen-bond donors (Lipinski definition) is 2. The van der Waals surface area contributed by atoms with Crippen molar-refractivity contribution in [3.8, 4) is 0 Å². The minimum atomic E-state index is 0.348. The molecule has 1 rings (SSSR count). The van der Waals surface area contributed by atoms with Gasteiger partial charge in [-0.2, -0.15) is 0 Å². The predicted molar refractivity (Wildman–Crippen MR) is 38.9 cm³/mol. The maximum absolute atomic E-state index is 5.55. The van der Waals surface area contributed by atoms with Gasteiger partial charge in [-0.25, -0.2) is 0 Å². The highest BCUT2D eigenvalue weighted by molar-refractivity contribution is 6.41. The topological polar surface area (TPSA) is 24.1 Å². The molecule has 0 amide bonds. The second kappa shape index (κ2) is 2.69. The lowest BCUT2D eigenvalue weighted by Crippen LogP contribution is -2.29. The summed E-state index contributed by atoms with van der Waals surface area (Å²) in [6.07, 6.45) is 1.52. The van der Waals surface area contributed by atoms with Crippen LogP contribution in [0.25, 0.3) is 0 Å². The van der Waals surface area contributed by atoms with Gasteiger partial charge in [-0.3, -0.25) is 10.9 Å². The zero-order chi connectivity index (χ0) is 6.85. The molecule has 0 aliphatic carbocycles. The van der Waals surface area contributed by atoms with E-state index in [1.807, 2.05) is 0 Å². The first-order chi connectivity index (χ1) is 4.20. The Kier molecular flexibility index (Phi) is 2.11. The third kappa shape index (κ3) is 1.68. The first-order valence-electron chi connectivity index (χ1n) is 2.14. The van der Waals surface area contributed by atoms with Crippen molar-refractivity contribution in [2.45, 2.75) is 0 Å². The summed E-state index contributed by atoms with van der Waals surface area (Å²) in [6.45, 7) is 0. The van der Waals surface area contributed by atoms with E-state index in [0.29, 0.717) is 15.3 Å². The van der Waals surface area contributed by atoms with Crippen LogP contribution in [-0.4, -0.2) is 0 Å². The highest BCUT2D eigenvalue weighted by Gasteiger charge is 2.05. The first-order valence-corrected chi connectivity index (χ1v) is 3.28. The highest BCUT2D eigenvalue weighted by Crippen LogP contribution is 2.17. The average molecular weight is 185 g/mol. The Morgan fingerprint density at radius 3 is 2.22 bits per heavy atom. The standard InChI is InChI=1S/C4H3Cl3N2/c5-2-1-3(6)8-9-4(2)7/h1,8-9H. The number of rotatable bonds is 0. The van der Waals surface area contributed by atoms with Crippen LogP contribution in [0.1, 0.15) is 0 Å². The zero-order valence-corrected chi connectivity index (χ0v) is 6.48. The van der Waals surface area contributed by atoms with Crippen molar-refractivity contribution in [2.24, 2.45) is 0 Å². The molecule has 1 heterocycles. The lowest BCUT2D eigenvalue weighted by atomic mass is 10.5. The van der Waals surface area contributed by atoms with Gasteiger partial charge in [0.15, 0.2) is 0 Å². The Morgan fingerprint density at radius 2 is 1.78 bits per heavy atom. The minimum Gasteiger partial charge on any atom is -0.289 e. The third-order valence-electron chi connectivity index (χ3n) is 0.755. The van der Waals surface area contributed by atoms with E-state index in [4.69, 9.17) is 34.8 Å². The van der Waals surface area contributed by atoms with Crippen LogP contribution in [0.4, 0.5) is 0 Å². The zero-order valence-electron chi connectivity index (χ0n) is 4.21. The molecule has 2 N–H and O–H groups in total. The molecule has 0 spiro atoms. The smallest absolute Gasteiger partial charge is 0.139 e. The Balaban J connectivity index is 2.83. The Bertz CT molecular complexity index is 184. The molecule has 50 valence electrons. The fourth-order valence-corrected chi connectivity index (χ4v) is 0.855. The van der Waals surface area contributed by atoms with Crippen molar-refractivity contribution in [1.29, 1.82) is 0 Å². The lowest BCUT2D eigenvalue weighted by Gasteiger charge is -2.12. The molecule has 0 atom stereocenters. The number of halogens is 3. The summed E-state index contributed by atoms with van der Waals surface area (Å²) in [5.41, 5.74) is 5.11. The van der Waals surface area contributed by atoms with Gasteiger partial charge < -0.3 is 0 Å². The van der Waals surface area contributed by atoms with Crippen LogP contribution >= 0.6 is 34.8 Å². The molecule has 0 unspecified atom stereocenters. The summed E-state index contributed by atoms with van der Waals surface area (Å²) in [7, 11) is 0. The lowest BCUT2D eigenvalue weighted by molar-refractivity contribution is 0.736. The van der Waals surface area contributed by atoms with Gasteiger partial charge in [-0.05, 0) is 6.08 Å². The molecule has 0 aromatic carbocycles. The molecular weight excluding hydrogens is 182 g/mol. The van der Waals surface area contributed by atoms with E-state index in [0.717, 1.165) is 0 Å². The van der Waals surface area contributed by atoms with Crippen molar-refractivity contribution in [3.63, 3.8) is 0 Å². The maximum Gasteiger partial charge on any atom is 0.139 e. The number of allylic oxidation sites excluding steroid dienone is 2. The largest absolute Gasteiger partial charge is 0.289 e. The molecule has 9 heavy (non-hydrogen) atoms. The second-order valence-electron chi connectivity index (χ2n) is 1.40. The molecule has 1 aliphatic rings. The van der Waals surface area contributed by atoms with Crippen LogP contribution in [0.15, 0.2) is 21.4 Å². The SMILES string of the molecule is ClC1=CC(Cl)=C(Cl)NN1. The fourth-order valence-electron chi connectivity index (χ4n) is 0.385. The van der Waals surface area contributed by atoms with Gasteiger partial charge in [0.2, 0.25) is 0 Å². The van der Waals surface area contributed by atoms with Crippen LogP contribution < -0.4 is 10.9 Å². The van der Waals surface area contributed by atoms with E-state index in [1.165, 1.54) is 6.08 Å². The predicted octanol–water partition coefficient (Wildman–Crippen LogP) is 1.82. The summed E-state index contributed by atoms with van der Waals surface area (Å²) in [5.74, 6) is 0. The van der Waals surface area contributed by atoms with Crippen molar-refractivity contribution in [2.75, 3.05) is 0 Å². The molecule has 0 bridgehead atoms. The van der Waals surface area contributed by atoms with Crippen molar-refractivity contribution < 1.29 is 0 Å². The number of hydrazine groups is 1. The maximum atomic E-state index is 5.55. The summed E-state index contributed by atoms with van der Waals surface area (Å²) in [6, 6.07) is 0. The minimum absolute atomic E-state index is 0.348. The molecule has 2 nitrogen and oxygen atoms in total. The molecule has 0 saturated carbocycles. The van der Waals surface area contributed by atoms with Gasteiger partial charge in [-0.15, -0.1) is 0 Å². The van der Waals surface area contributed by atoms with Gasteiger partial charge in [0.25, 0.3) is 0 Å². The van der Waals surface area contributed by atoms with E-state index in [9.17, 15) is 0 Å². The highest BCUT2D eigenvalue weighted by atomic mass is 35.5. The van der Waals surface area contributed by atoms with Crippen molar-refractivity contribution in [1.82, 2.24) is 10.9 Å². The Labute approximate surface area is 67.4 Å².